The minimum absolute atomic E-state index is 0.113. The monoisotopic (exact) mass is 331 g/mol. The summed E-state index contributed by atoms with van der Waals surface area (Å²) >= 11 is 5.77. The quantitative estimate of drug-likeness (QED) is 0.654. The molecular formula is C17H18ClN3O2. The number of nitrogens with zero attached hydrogens (tertiary/aromatic N) is 2. The molecule has 6 heteroatoms. The van der Waals surface area contributed by atoms with Gasteiger partial charge in [0.1, 0.15) is 5.75 Å². The van der Waals surface area contributed by atoms with Crippen molar-refractivity contribution < 1.29 is 9.53 Å². The van der Waals surface area contributed by atoms with Crippen molar-refractivity contribution in [3.05, 3.63) is 59.1 Å². The molecule has 0 aliphatic rings. The molecule has 0 radical (unpaired) electrons. The van der Waals surface area contributed by atoms with E-state index in [4.69, 9.17) is 16.3 Å². The Morgan fingerprint density at radius 2 is 1.83 bits per heavy atom. The maximum Gasteiger partial charge on any atom is 0.277 e. The fourth-order valence-corrected chi connectivity index (χ4v) is 1.88. The van der Waals surface area contributed by atoms with E-state index >= 15 is 0 Å². The van der Waals surface area contributed by atoms with Crippen molar-refractivity contribution in [2.75, 3.05) is 25.6 Å². The number of hydrazone groups is 1. The van der Waals surface area contributed by atoms with Gasteiger partial charge in [-0.15, -0.1) is 0 Å². The highest BCUT2D eigenvalue weighted by Gasteiger charge is 2.01. The number of carbonyl (C=O) groups is 1. The Morgan fingerprint density at radius 3 is 2.43 bits per heavy atom. The number of carbonyl (C=O) groups excluding carboxylic acids is 1. The van der Waals surface area contributed by atoms with Gasteiger partial charge < -0.3 is 9.64 Å². The van der Waals surface area contributed by atoms with Crippen molar-refractivity contribution in [1.29, 1.82) is 0 Å². The summed E-state index contributed by atoms with van der Waals surface area (Å²) in [6.45, 7) is -0.113. The number of anilines is 1. The minimum atomic E-state index is -0.332. The van der Waals surface area contributed by atoms with E-state index in [1.807, 2.05) is 43.3 Å². The first-order valence-electron chi connectivity index (χ1n) is 7.02. The number of amides is 1. The van der Waals surface area contributed by atoms with E-state index in [1.165, 1.54) is 0 Å². The molecule has 2 rings (SSSR count). The summed E-state index contributed by atoms with van der Waals surface area (Å²) < 4.78 is 5.32. The van der Waals surface area contributed by atoms with E-state index < -0.39 is 0 Å². The number of ether oxygens (including phenoxy) is 1. The van der Waals surface area contributed by atoms with Gasteiger partial charge in [-0.25, -0.2) is 5.43 Å². The second-order valence-electron chi connectivity index (χ2n) is 5.02. The van der Waals surface area contributed by atoms with E-state index in [0.717, 1.165) is 11.3 Å². The van der Waals surface area contributed by atoms with E-state index in [0.29, 0.717) is 10.8 Å². The third-order valence-electron chi connectivity index (χ3n) is 3.00. The molecule has 5 nitrogen and oxygen atoms in total. The van der Waals surface area contributed by atoms with Gasteiger partial charge in [-0.1, -0.05) is 23.7 Å². The van der Waals surface area contributed by atoms with E-state index in [1.54, 1.807) is 30.5 Å². The van der Waals surface area contributed by atoms with E-state index in [2.05, 4.69) is 10.5 Å². The highest BCUT2D eigenvalue weighted by Crippen LogP contribution is 2.15. The Morgan fingerprint density at radius 1 is 1.17 bits per heavy atom. The lowest BCUT2D eigenvalue weighted by atomic mass is 10.2. The molecule has 2 aromatic rings. The summed E-state index contributed by atoms with van der Waals surface area (Å²) in [7, 11) is 3.95. The van der Waals surface area contributed by atoms with Gasteiger partial charge in [0, 0.05) is 24.8 Å². The Labute approximate surface area is 140 Å². The standard InChI is InChI=1S/C17H18ClN3O2/c1-21(2)15-7-3-13(4-8-15)11-19-20-17(22)12-23-16-9-5-14(18)6-10-16/h3-11H,12H2,1-2H3,(H,20,22). The average Bonchev–Trinajstić information content (AvgIpc) is 2.55. The third kappa shape index (κ3) is 5.64. The van der Waals surface area contributed by atoms with Crippen LogP contribution in [0, 0.1) is 0 Å². The second kappa shape index (κ2) is 8.19. The zero-order valence-corrected chi connectivity index (χ0v) is 13.7. The van der Waals surface area contributed by atoms with Crippen LogP contribution in [0.5, 0.6) is 5.75 Å². The molecule has 0 aromatic heterocycles. The molecule has 0 bridgehead atoms. The Bertz CT molecular complexity index is 667. The van der Waals surface area contributed by atoms with Crippen LogP contribution in [0.4, 0.5) is 5.69 Å². The van der Waals surface area contributed by atoms with Crippen LogP contribution in [0.1, 0.15) is 5.56 Å². The maximum absolute atomic E-state index is 11.6. The largest absolute Gasteiger partial charge is 0.484 e. The maximum atomic E-state index is 11.6. The van der Waals surface area contributed by atoms with Crippen LogP contribution in [-0.2, 0) is 4.79 Å². The molecule has 0 aliphatic heterocycles. The Hall–Kier alpha value is -2.53. The molecule has 120 valence electrons. The molecule has 1 amide bonds. The van der Waals surface area contributed by atoms with E-state index in [-0.39, 0.29) is 12.5 Å². The zero-order chi connectivity index (χ0) is 16.7. The summed E-state index contributed by atoms with van der Waals surface area (Å²) in [5, 5.41) is 4.52. The zero-order valence-electron chi connectivity index (χ0n) is 13.0. The third-order valence-corrected chi connectivity index (χ3v) is 3.25. The molecule has 0 spiro atoms. The predicted molar refractivity (Wildman–Crippen MR) is 93.5 cm³/mol. The van der Waals surface area contributed by atoms with Gasteiger partial charge in [0.15, 0.2) is 6.61 Å². The minimum Gasteiger partial charge on any atom is -0.484 e. The summed E-state index contributed by atoms with van der Waals surface area (Å²) in [5.74, 6) is 0.244. The number of halogens is 1. The van der Waals surface area contributed by atoms with Crippen molar-refractivity contribution in [3.8, 4) is 5.75 Å². The molecule has 0 atom stereocenters. The number of hydrogen-bond acceptors (Lipinski definition) is 4. The smallest absolute Gasteiger partial charge is 0.277 e. The normalized spacial score (nSPS) is 10.6. The summed E-state index contributed by atoms with van der Waals surface area (Å²) in [6.07, 6.45) is 1.58. The first kappa shape index (κ1) is 16.8. The average molecular weight is 332 g/mol. The lowest BCUT2D eigenvalue weighted by Gasteiger charge is -2.11. The summed E-state index contributed by atoms with van der Waals surface area (Å²) in [4.78, 5) is 13.6. The van der Waals surface area contributed by atoms with E-state index in [9.17, 15) is 4.79 Å². The van der Waals surface area contributed by atoms with Crippen LogP contribution in [0.3, 0.4) is 0 Å². The molecule has 23 heavy (non-hydrogen) atoms. The fraction of sp³-hybridized carbons (Fsp3) is 0.176. The topological polar surface area (TPSA) is 53.9 Å². The van der Waals surface area contributed by atoms with Gasteiger partial charge in [0.05, 0.1) is 6.21 Å². The van der Waals surface area contributed by atoms with Gasteiger partial charge in [-0.05, 0) is 42.0 Å². The van der Waals surface area contributed by atoms with Gasteiger partial charge in [-0.3, -0.25) is 4.79 Å². The molecular weight excluding hydrogens is 314 g/mol. The summed E-state index contributed by atoms with van der Waals surface area (Å²) in [5.41, 5.74) is 4.42. The molecule has 0 saturated heterocycles. The number of rotatable bonds is 6. The van der Waals surface area contributed by atoms with Crippen molar-refractivity contribution in [3.63, 3.8) is 0 Å². The lowest BCUT2D eigenvalue weighted by molar-refractivity contribution is -0.123. The first-order valence-corrected chi connectivity index (χ1v) is 7.40. The molecule has 0 unspecified atom stereocenters. The molecule has 0 fully saturated rings. The Balaban J connectivity index is 1.78. The highest BCUT2D eigenvalue weighted by molar-refractivity contribution is 6.30. The van der Waals surface area contributed by atoms with Crippen molar-refractivity contribution in [1.82, 2.24) is 5.43 Å². The number of nitrogens with one attached hydrogen (secondary N) is 1. The van der Waals surface area contributed by atoms with Crippen molar-refractivity contribution >= 4 is 29.4 Å². The van der Waals surface area contributed by atoms with Gasteiger partial charge >= 0.3 is 0 Å². The van der Waals surface area contributed by atoms with Gasteiger partial charge in [-0.2, -0.15) is 5.10 Å². The number of benzene rings is 2. The number of hydrogen-bond donors (Lipinski definition) is 1. The fourth-order valence-electron chi connectivity index (χ4n) is 1.75. The molecule has 1 N–H and O–H groups in total. The second-order valence-corrected chi connectivity index (χ2v) is 5.46. The van der Waals surface area contributed by atoms with Crippen LogP contribution in [0.25, 0.3) is 0 Å². The predicted octanol–water partition coefficient (Wildman–Crippen LogP) is 2.94. The van der Waals surface area contributed by atoms with Gasteiger partial charge in [0.25, 0.3) is 5.91 Å². The van der Waals surface area contributed by atoms with Gasteiger partial charge in [0.2, 0.25) is 0 Å². The van der Waals surface area contributed by atoms with Crippen LogP contribution in [0.15, 0.2) is 53.6 Å². The summed E-state index contributed by atoms with van der Waals surface area (Å²) in [6, 6.07) is 14.6. The molecule has 0 aliphatic carbocycles. The lowest BCUT2D eigenvalue weighted by Crippen LogP contribution is -2.24. The van der Waals surface area contributed by atoms with Crippen LogP contribution < -0.4 is 15.1 Å². The Kier molecular flexibility index (Phi) is 6.00. The molecule has 2 aromatic carbocycles. The highest BCUT2D eigenvalue weighted by atomic mass is 35.5. The van der Waals surface area contributed by atoms with Crippen molar-refractivity contribution in [2.24, 2.45) is 5.10 Å². The van der Waals surface area contributed by atoms with Crippen molar-refractivity contribution in [2.45, 2.75) is 0 Å². The van der Waals surface area contributed by atoms with Crippen LogP contribution >= 0.6 is 11.6 Å². The molecule has 0 saturated carbocycles. The first-order chi connectivity index (χ1) is 11.0. The van der Waals surface area contributed by atoms with Crippen LogP contribution in [-0.4, -0.2) is 32.8 Å². The molecule has 0 heterocycles. The SMILES string of the molecule is CN(C)c1ccc(C=NNC(=O)COc2ccc(Cl)cc2)cc1. The van der Waals surface area contributed by atoms with Crippen LogP contribution in [0.2, 0.25) is 5.02 Å².